The first-order chi connectivity index (χ1) is 8.02. The van der Waals surface area contributed by atoms with Crippen LogP contribution in [0.2, 0.25) is 0 Å². The fraction of sp³-hybridized carbons (Fsp3) is 0.778. The predicted molar refractivity (Wildman–Crippen MR) is 59.2 cm³/mol. The summed E-state index contributed by atoms with van der Waals surface area (Å²) in [6, 6.07) is 0.217. The number of anilines is 1. The third-order valence-corrected chi connectivity index (χ3v) is 3.72. The van der Waals surface area contributed by atoms with Crippen molar-refractivity contribution < 1.29 is 13.2 Å². The van der Waals surface area contributed by atoms with E-state index >= 15 is 0 Å². The van der Waals surface area contributed by atoms with Crippen molar-refractivity contribution in [2.75, 3.05) is 25.0 Å². The Bertz CT molecular complexity index is 379. The minimum atomic E-state index is -4.39. The van der Waals surface area contributed by atoms with Crippen molar-refractivity contribution >= 4 is 16.5 Å². The molecular weight excluding hydrogens is 253 g/mol. The minimum absolute atomic E-state index is 0.217. The van der Waals surface area contributed by atoms with E-state index in [0.717, 1.165) is 25.9 Å². The Morgan fingerprint density at radius 3 is 2.82 bits per heavy atom. The normalized spacial score (nSPS) is 21.2. The summed E-state index contributed by atoms with van der Waals surface area (Å²) in [6.07, 6.45) is -2.44. The van der Waals surface area contributed by atoms with E-state index in [4.69, 9.17) is 0 Å². The molecule has 1 aromatic heterocycles. The second-order valence-electron chi connectivity index (χ2n) is 3.93. The van der Waals surface area contributed by atoms with E-state index < -0.39 is 11.2 Å². The van der Waals surface area contributed by atoms with Crippen LogP contribution in [0.15, 0.2) is 0 Å². The van der Waals surface area contributed by atoms with E-state index in [2.05, 4.69) is 15.5 Å². The average Bonchev–Trinajstić information content (AvgIpc) is 2.82. The van der Waals surface area contributed by atoms with Gasteiger partial charge in [-0.3, -0.25) is 0 Å². The molecule has 0 spiro atoms. The highest BCUT2D eigenvalue weighted by molar-refractivity contribution is 7.15. The Morgan fingerprint density at radius 1 is 1.47 bits per heavy atom. The summed E-state index contributed by atoms with van der Waals surface area (Å²) >= 11 is 0.618. The lowest BCUT2D eigenvalue weighted by atomic mass is 10.2. The average molecular weight is 266 g/mol. The monoisotopic (exact) mass is 266 g/mol. The van der Waals surface area contributed by atoms with Crippen LogP contribution in [-0.2, 0) is 6.18 Å². The highest BCUT2D eigenvalue weighted by atomic mass is 32.1. The Hall–Kier alpha value is -0.890. The molecule has 17 heavy (non-hydrogen) atoms. The van der Waals surface area contributed by atoms with Crippen LogP contribution in [0.1, 0.15) is 17.8 Å². The summed E-state index contributed by atoms with van der Waals surface area (Å²) in [5, 5.41) is 9.39. The van der Waals surface area contributed by atoms with Gasteiger partial charge in [-0.05, 0) is 19.9 Å². The molecule has 4 nitrogen and oxygen atoms in total. The van der Waals surface area contributed by atoms with Gasteiger partial charge in [-0.25, -0.2) is 0 Å². The zero-order valence-electron chi connectivity index (χ0n) is 9.29. The van der Waals surface area contributed by atoms with Gasteiger partial charge in [-0.15, -0.1) is 10.2 Å². The molecule has 0 bridgehead atoms. The van der Waals surface area contributed by atoms with Gasteiger partial charge in [0.2, 0.25) is 10.1 Å². The summed E-state index contributed by atoms with van der Waals surface area (Å²) in [5.74, 6) is 0. The molecule has 1 aliphatic heterocycles. The molecule has 1 atom stereocenters. The number of alkyl halides is 3. The van der Waals surface area contributed by atoms with Crippen LogP contribution in [0.3, 0.4) is 0 Å². The molecule has 8 heteroatoms. The highest BCUT2D eigenvalue weighted by Crippen LogP contribution is 2.36. The van der Waals surface area contributed by atoms with Crippen LogP contribution >= 0.6 is 11.3 Å². The number of likely N-dealkylation sites (N-methyl/N-ethyl adjacent to an activating group) is 1. The van der Waals surface area contributed by atoms with E-state index in [1.807, 2.05) is 11.9 Å². The second kappa shape index (κ2) is 4.77. The first kappa shape index (κ1) is 12.6. The summed E-state index contributed by atoms with van der Waals surface area (Å²) < 4.78 is 37.2. The molecule has 0 aromatic carbocycles. The second-order valence-corrected chi connectivity index (χ2v) is 4.89. The van der Waals surface area contributed by atoms with Crippen molar-refractivity contribution in [3.05, 3.63) is 5.01 Å². The number of hydrogen-bond acceptors (Lipinski definition) is 5. The number of hydrogen-bond donors (Lipinski definition) is 1. The molecule has 1 aromatic rings. The molecular formula is C9H13F3N4S. The molecule has 1 aliphatic rings. The summed E-state index contributed by atoms with van der Waals surface area (Å²) in [7, 11) is 1.83. The van der Waals surface area contributed by atoms with Crippen LogP contribution in [0.5, 0.6) is 0 Å². The van der Waals surface area contributed by atoms with Crippen LogP contribution in [0, 0.1) is 0 Å². The Balaban J connectivity index is 2.14. The fourth-order valence-corrected chi connectivity index (χ4v) is 2.79. The molecule has 2 heterocycles. The Labute approximate surface area is 101 Å². The fourth-order valence-electron chi connectivity index (χ4n) is 1.98. The Morgan fingerprint density at radius 2 is 2.24 bits per heavy atom. The number of nitrogens with one attached hydrogen (secondary N) is 1. The molecule has 2 rings (SSSR count). The van der Waals surface area contributed by atoms with Gasteiger partial charge in [-0.1, -0.05) is 11.3 Å². The zero-order chi connectivity index (χ0) is 12.5. The van der Waals surface area contributed by atoms with Crippen molar-refractivity contribution in [3.8, 4) is 0 Å². The molecule has 0 saturated carbocycles. The van der Waals surface area contributed by atoms with Gasteiger partial charge in [0, 0.05) is 19.1 Å². The highest BCUT2D eigenvalue weighted by Gasteiger charge is 2.37. The van der Waals surface area contributed by atoms with Crippen molar-refractivity contribution in [2.45, 2.75) is 25.1 Å². The van der Waals surface area contributed by atoms with E-state index in [9.17, 15) is 13.2 Å². The summed E-state index contributed by atoms with van der Waals surface area (Å²) in [4.78, 5) is 1.91. The van der Waals surface area contributed by atoms with E-state index in [1.54, 1.807) is 0 Å². The first-order valence-corrected chi connectivity index (χ1v) is 6.16. The van der Waals surface area contributed by atoms with Crippen molar-refractivity contribution in [1.29, 1.82) is 0 Å². The molecule has 0 radical (unpaired) electrons. The molecule has 1 N–H and O–H groups in total. The van der Waals surface area contributed by atoms with E-state index in [1.165, 1.54) is 0 Å². The topological polar surface area (TPSA) is 41.0 Å². The summed E-state index contributed by atoms with van der Waals surface area (Å²) in [5.41, 5.74) is 0. The van der Waals surface area contributed by atoms with E-state index in [0.29, 0.717) is 16.5 Å². The number of halogens is 3. The van der Waals surface area contributed by atoms with Gasteiger partial charge in [0.25, 0.3) is 0 Å². The number of nitrogens with zero attached hydrogens (tertiary/aromatic N) is 3. The molecule has 0 aliphatic carbocycles. The van der Waals surface area contributed by atoms with Crippen LogP contribution in [-0.4, -0.2) is 36.4 Å². The lowest BCUT2D eigenvalue weighted by Gasteiger charge is -2.22. The first-order valence-electron chi connectivity index (χ1n) is 5.34. The van der Waals surface area contributed by atoms with Gasteiger partial charge >= 0.3 is 6.18 Å². The largest absolute Gasteiger partial charge is 0.445 e. The SMILES string of the molecule is CNCC1CCCN1c1nnc(C(F)(F)F)s1. The van der Waals surface area contributed by atoms with Crippen LogP contribution in [0.25, 0.3) is 0 Å². The van der Waals surface area contributed by atoms with Crippen LogP contribution in [0.4, 0.5) is 18.3 Å². The van der Waals surface area contributed by atoms with Gasteiger partial charge < -0.3 is 10.2 Å². The molecule has 1 saturated heterocycles. The quantitative estimate of drug-likeness (QED) is 0.905. The number of rotatable bonds is 3. The van der Waals surface area contributed by atoms with Gasteiger partial charge in [0.05, 0.1) is 0 Å². The maximum absolute atomic E-state index is 12.4. The van der Waals surface area contributed by atoms with Gasteiger partial charge in [-0.2, -0.15) is 13.2 Å². The molecule has 0 amide bonds. The lowest BCUT2D eigenvalue weighted by Crippen LogP contribution is -2.36. The zero-order valence-corrected chi connectivity index (χ0v) is 10.1. The van der Waals surface area contributed by atoms with Gasteiger partial charge in [0.15, 0.2) is 0 Å². The molecule has 96 valence electrons. The van der Waals surface area contributed by atoms with Crippen molar-refractivity contribution in [2.24, 2.45) is 0 Å². The number of aromatic nitrogens is 2. The standard InChI is InChI=1S/C9H13F3N4S/c1-13-5-6-3-2-4-16(6)8-15-14-7(17-8)9(10,11)12/h6,13H,2-5H2,1H3. The van der Waals surface area contributed by atoms with Crippen LogP contribution < -0.4 is 10.2 Å². The predicted octanol–water partition coefficient (Wildman–Crippen LogP) is 1.75. The van der Waals surface area contributed by atoms with Crippen molar-refractivity contribution in [1.82, 2.24) is 15.5 Å². The van der Waals surface area contributed by atoms with Gasteiger partial charge in [0.1, 0.15) is 0 Å². The molecule has 1 fully saturated rings. The summed E-state index contributed by atoms with van der Waals surface area (Å²) in [6.45, 7) is 1.50. The third kappa shape index (κ3) is 2.68. The Kier molecular flexibility index (Phi) is 3.53. The maximum atomic E-state index is 12.4. The maximum Gasteiger partial charge on any atom is 0.445 e. The minimum Gasteiger partial charge on any atom is -0.342 e. The smallest absolute Gasteiger partial charge is 0.342 e. The molecule has 1 unspecified atom stereocenters. The lowest BCUT2D eigenvalue weighted by molar-refractivity contribution is -0.138. The van der Waals surface area contributed by atoms with E-state index in [-0.39, 0.29) is 6.04 Å². The van der Waals surface area contributed by atoms with Crippen molar-refractivity contribution in [3.63, 3.8) is 0 Å². The third-order valence-electron chi connectivity index (χ3n) is 2.72.